The van der Waals surface area contributed by atoms with Crippen LogP contribution in [0.2, 0.25) is 0 Å². The van der Waals surface area contributed by atoms with E-state index in [4.69, 9.17) is 4.74 Å². The number of hydrogen-bond acceptors (Lipinski definition) is 4. The minimum absolute atomic E-state index is 0.0276. The highest BCUT2D eigenvalue weighted by Gasteiger charge is 2.31. The number of aromatic hydroxyl groups is 1. The van der Waals surface area contributed by atoms with E-state index in [-0.39, 0.29) is 17.4 Å². The Kier molecular flexibility index (Phi) is 5.65. The summed E-state index contributed by atoms with van der Waals surface area (Å²) in [5.74, 6) is -0.519. The number of rotatable bonds is 4. The van der Waals surface area contributed by atoms with Crippen LogP contribution in [0.5, 0.6) is 5.75 Å². The van der Waals surface area contributed by atoms with Gasteiger partial charge in [0, 0.05) is 10.0 Å². The van der Waals surface area contributed by atoms with Crippen molar-refractivity contribution < 1.29 is 14.6 Å². The van der Waals surface area contributed by atoms with E-state index in [1.54, 1.807) is 12.1 Å². The lowest BCUT2D eigenvalue weighted by atomic mass is 9.91. The number of hydrogen-bond donors (Lipinski definition) is 1. The van der Waals surface area contributed by atoms with Crippen molar-refractivity contribution in [1.82, 2.24) is 0 Å². The number of halogens is 2. The lowest BCUT2D eigenvalue weighted by Gasteiger charge is -2.16. The summed E-state index contributed by atoms with van der Waals surface area (Å²) in [6.07, 6.45) is 1.52. The number of benzene rings is 3. The van der Waals surface area contributed by atoms with Gasteiger partial charge in [-0.15, -0.1) is 0 Å². The van der Waals surface area contributed by atoms with Gasteiger partial charge in [0.2, 0.25) is 5.90 Å². The maximum atomic E-state index is 12.5. The number of esters is 1. The maximum Gasteiger partial charge on any atom is 0.363 e. The number of phenols is 1. The Labute approximate surface area is 184 Å². The topological polar surface area (TPSA) is 58.9 Å². The number of nitrogens with zero attached hydrogens (tertiary/aromatic N) is 1. The molecule has 3 aromatic rings. The monoisotopic (exact) mass is 511 g/mol. The minimum atomic E-state index is -0.549. The molecule has 0 fully saturated rings. The molecule has 0 saturated carbocycles. The molecule has 3 aromatic carbocycles. The highest BCUT2D eigenvalue weighted by atomic mass is 79.9. The Balaban J connectivity index is 1.79. The zero-order valence-corrected chi connectivity index (χ0v) is 18.2. The van der Waals surface area contributed by atoms with E-state index in [1.165, 1.54) is 6.08 Å². The van der Waals surface area contributed by atoms with Crippen LogP contribution in [0.4, 0.5) is 0 Å². The van der Waals surface area contributed by atoms with Crippen LogP contribution in [0.3, 0.4) is 0 Å². The molecule has 0 aliphatic carbocycles. The Morgan fingerprint density at radius 3 is 2.10 bits per heavy atom. The second-order valence-corrected chi connectivity index (χ2v) is 8.22. The Hall–Kier alpha value is -2.70. The van der Waals surface area contributed by atoms with Crippen molar-refractivity contribution in [2.45, 2.75) is 5.92 Å². The van der Waals surface area contributed by atoms with Crippen molar-refractivity contribution in [2.75, 3.05) is 0 Å². The van der Waals surface area contributed by atoms with Crippen molar-refractivity contribution in [3.63, 3.8) is 0 Å². The van der Waals surface area contributed by atoms with E-state index in [0.717, 1.165) is 15.6 Å². The molecule has 4 nitrogen and oxygen atoms in total. The molecule has 1 aliphatic heterocycles. The number of ether oxygens (including phenoxy) is 1. The predicted octanol–water partition coefficient (Wildman–Crippen LogP) is 6.05. The largest absolute Gasteiger partial charge is 0.506 e. The third-order valence-electron chi connectivity index (χ3n) is 4.50. The Bertz CT molecular complexity index is 1090. The molecule has 0 saturated heterocycles. The molecule has 144 valence electrons. The fraction of sp³-hybridized carbons (Fsp3) is 0.0435. The Morgan fingerprint density at radius 1 is 0.931 bits per heavy atom. The van der Waals surface area contributed by atoms with Crippen LogP contribution in [0.15, 0.2) is 92.4 Å². The molecule has 1 heterocycles. The third-order valence-corrected chi connectivity index (χ3v) is 5.56. The summed E-state index contributed by atoms with van der Waals surface area (Å²) < 4.78 is 6.83. The van der Waals surface area contributed by atoms with Gasteiger partial charge in [-0.1, -0.05) is 76.6 Å². The normalized spacial score (nSPS) is 14.9. The first-order valence-electron chi connectivity index (χ1n) is 8.83. The lowest BCUT2D eigenvalue weighted by molar-refractivity contribution is -0.130. The maximum absolute atomic E-state index is 12.5. The summed E-state index contributed by atoms with van der Waals surface area (Å²) in [6.45, 7) is 0. The molecule has 0 aromatic heterocycles. The first-order chi connectivity index (χ1) is 14.0. The van der Waals surface area contributed by atoms with Crippen molar-refractivity contribution in [3.8, 4) is 5.75 Å². The molecule has 0 unspecified atom stereocenters. The molecule has 4 rings (SSSR count). The number of aliphatic imine (C=N–C) groups is 1. The Morgan fingerprint density at radius 2 is 1.52 bits per heavy atom. The van der Waals surface area contributed by atoms with Gasteiger partial charge in [-0.25, -0.2) is 9.79 Å². The average molecular weight is 513 g/mol. The van der Waals surface area contributed by atoms with Crippen LogP contribution in [0, 0.1) is 0 Å². The van der Waals surface area contributed by atoms with Crippen LogP contribution in [0.1, 0.15) is 22.6 Å². The summed E-state index contributed by atoms with van der Waals surface area (Å²) in [7, 11) is 0. The quantitative estimate of drug-likeness (QED) is 0.342. The second kappa shape index (κ2) is 8.35. The molecule has 0 bridgehead atoms. The van der Waals surface area contributed by atoms with Crippen LogP contribution in [0.25, 0.3) is 6.08 Å². The van der Waals surface area contributed by atoms with E-state index in [1.807, 2.05) is 60.7 Å². The summed E-state index contributed by atoms with van der Waals surface area (Å²) in [6, 6.07) is 23.0. The van der Waals surface area contributed by atoms with Gasteiger partial charge in [-0.05, 0) is 45.3 Å². The highest BCUT2D eigenvalue weighted by Crippen LogP contribution is 2.35. The summed E-state index contributed by atoms with van der Waals surface area (Å²) in [4.78, 5) is 17.0. The average Bonchev–Trinajstić information content (AvgIpc) is 3.07. The van der Waals surface area contributed by atoms with Crippen LogP contribution in [-0.2, 0) is 9.53 Å². The van der Waals surface area contributed by atoms with Crippen LogP contribution < -0.4 is 0 Å². The zero-order chi connectivity index (χ0) is 20.4. The molecule has 29 heavy (non-hydrogen) atoms. The first-order valence-corrected chi connectivity index (χ1v) is 10.4. The molecule has 0 atom stereocenters. The number of carbonyl (C=O) groups is 1. The van der Waals surface area contributed by atoms with Crippen molar-refractivity contribution >= 4 is 49.8 Å². The summed E-state index contributed by atoms with van der Waals surface area (Å²) in [5.41, 5.74) is 2.54. The SMILES string of the molecule is O=C1OC(C(c2ccccc2)c2ccccc2)=N/C1=C/c1cc(Br)cc(Br)c1O. The van der Waals surface area contributed by atoms with Crippen molar-refractivity contribution in [2.24, 2.45) is 4.99 Å². The number of cyclic esters (lactones) is 1. The van der Waals surface area contributed by atoms with Gasteiger partial charge in [0.25, 0.3) is 0 Å². The standard InChI is InChI=1S/C23H15Br2NO3/c24-17-11-16(21(27)18(25)13-17)12-19-23(28)29-22(26-19)20(14-7-3-1-4-8-14)15-9-5-2-6-10-15/h1-13,20,27H/b19-12+. The summed E-state index contributed by atoms with van der Waals surface area (Å²) in [5, 5.41) is 10.3. The molecular formula is C23H15Br2NO3. The van der Waals surface area contributed by atoms with Gasteiger partial charge in [0.05, 0.1) is 10.4 Å². The summed E-state index contributed by atoms with van der Waals surface area (Å²) >= 11 is 6.68. The molecular weight excluding hydrogens is 498 g/mol. The lowest BCUT2D eigenvalue weighted by Crippen LogP contribution is -2.16. The zero-order valence-electron chi connectivity index (χ0n) is 15.0. The van der Waals surface area contributed by atoms with Gasteiger partial charge in [0.1, 0.15) is 5.75 Å². The fourth-order valence-corrected chi connectivity index (χ4v) is 4.42. The molecule has 1 N–H and O–H groups in total. The van der Waals surface area contributed by atoms with Gasteiger partial charge in [0.15, 0.2) is 5.70 Å². The van der Waals surface area contributed by atoms with E-state index < -0.39 is 5.97 Å². The molecule has 6 heteroatoms. The van der Waals surface area contributed by atoms with Gasteiger partial charge >= 0.3 is 5.97 Å². The van der Waals surface area contributed by atoms with E-state index in [0.29, 0.717) is 15.9 Å². The number of phenolic OH excluding ortho intramolecular Hbond substituents is 1. The van der Waals surface area contributed by atoms with Crippen LogP contribution >= 0.6 is 31.9 Å². The van der Waals surface area contributed by atoms with Gasteiger partial charge < -0.3 is 9.84 Å². The molecule has 0 amide bonds. The first kappa shape index (κ1) is 19.6. The second-order valence-electron chi connectivity index (χ2n) is 6.45. The highest BCUT2D eigenvalue weighted by molar-refractivity contribution is 9.11. The predicted molar refractivity (Wildman–Crippen MR) is 120 cm³/mol. The molecule has 0 radical (unpaired) electrons. The third kappa shape index (κ3) is 4.18. The fourth-order valence-electron chi connectivity index (χ4n) is 3.16. The molecule has 0 spiro atoms. The molecule has 1 aliphatic rings. The van der Waals surface area contributed by atoms with Crippen molar-refractivity contribution in [1.29, 1.82) is 0 Å². The smallest absolute Gasteiger partial charge is 0.363 e. The van der Waals surface area contributed by atoms with E-state index >= 15 is 0 Å². The van der Waals surface area contributed by atoms with Gasteiger partial charge in [-0.3, -0.25) is 0 Å². The minimum Gasteiger partial charge on any atom is -0.506 e. The van der Waals surface area contributed by atoms with E-state index in [2.05, 4.69) is 36.9 Å². The van der Waals surface area contributed by atoms with Crippen LogP contribution in [-0.4, -0.2) is 17.0 Å². The van der Waals surface area contributed by atoms with Gasteiger partial charge in [-0.2, -0.15) is 0 Å². The number of carbonyl (C=O) groups excluding carboxylic acids is 1. The van der Waals surface area contributed by atoms with Crippen molar-refractivity contribution in [3.05, 3.63) is 104 Å². The van der Waals surface area contributed by atoms with E-state index in [9.17, 15) is 9.90 Å².